The molecule has 7 nitrogen and oxygen atoms in total. The van der Waals surface area contributed by atoms with Crippen LogP contribution in [0.5, 0.6) is 0 Å². The van der Waals surface area contributed by atoms with Crippen LogP contribution in [0.4, 0.5) is 16.2 Å². The predicted octanol–water partition coefficient (Wildman–Crippen LogP) is 2.77. The van der Waals surface area contributed by atoms with E-state index in [1.165, 1.54) is 4.90 Å². The highest BCUT2D eigenvalue weighted by Gasteiger charge is 2.28. The molecule has 1 aromatic carbocycles. The van der Waals surface area contributed by atoms with Gasteiger partial charge in [0.1, 0.15) is 0 Å². The molecule has 1 atom stereocenters. The van der Waals surface area contributed by atoms with Crippen LogP contribution in [0, 0.1) is 12.8 Å². The summed E-state index contributed by atoms with van der Waals surface area (Å²) < 4.78 is 5.04. The largest absolute Gasteiger partial charge is 0.465 e. The highest BCUT2D eigenvalue weighted by molar-refractivity contribution is 5.96. The van der Waals surface area contributed by atoms with Gasteiger partial charge in [-0.05, 0) is 43.9 Å². The fraction of sp³-hybridized carbons (Fsp3) is 0.556. The fourth-order valence-corrected chi connectivity index (χ4v) is 2.95. The summed E-state index contributed by atoms with van der Waals surface area (Å²) in [6, 6.07) is 5.86. The van der Waals surface area contributed by atoms with Crippen LogP contribution in [-0.2, 0) is 9.53 Å². The Bertz CT molecular complexity index is 606. The van der Waals surface area contributed by atoms with Crippen LogP contribution in [0.15, 0.2) is 18.2 Å². The van der Waals surface area contributed by atoms with Crippen LogP contribution in [0.3, 0.4) is 0 Å². The SMILES string of the molecule is COCCCNc1ccc(C)cc1NC(=O)C1CCCN(C(=O)O)C1. The maximum absolute atomic E-state index is 12.6. The number of likely N-dealkylation sites (tertiary alicyclic amines) is 1. The Morgan fingerprint density at radius 2 is 2.16 bits per heavy atom. The zero-order chi connectivity index (χ0) is 18.2. The third-order valence-electron chi connectivity index (χ3n) is 4.34. The minimum absolute atomic E-state index is 0.128. The first kappa shape index (κ1) is 19.1. The standard InChI is InChI=1S/C18H27N3O4/c1-13-6-7-15(19-8-4-10-25-2)16(11-13)20-17(22)14-5-3-9-21(12-14)18(23)24/h6-7,11,14,19H,3-5,8-10,12H2,1-2H3,(H,20,22)(H,23,24). The lowest BCUT2D eigenvalue weighted by Crippen LogP contribution is -2.43. The van der Waals surface area contributed by atoms with Gasteiger partial charge in [0.15, 0.2) is 0 Å². The van der Waals surface area contributed by atoms with Gasteiger partial charge in [-0.15, -0.1) is 0 Å². The van der Waals surface area contributed by atoms with Gasteiger partial charge in [0, 0.05) is 33.4 Å². The number of amides is 2. The number of carbonyl (C=O) groups is 2. The molecule has 0 radical (unpaired) electrons. The number of methoxy groups -OCH3 is 1. The number of hydrogen-bond acceptors (Lipinski definition) is 4. The van der Waals surface area contributed by atoms with Crippen molar-refractivity contribution in [3.63, 3.8) is 0 Å². The molecule has 1 heterocycles. The predicted molar refractivity (Wildman–Crippen MR) is 97.1 cm³/mol. The molecular weight excluding hydrogens is 322 g/mol. The first-order chi connectivity index (χ1) is 12.0. The van der Waals surface area contributed by atoms with Gasteiger partial charge in [-0.2, -0.15) is 0 Å². The lowest BCUT2D eigenvalue weighted by Gasteiger charge is -2.30. The molecule has 1 fully saturated rings. The molecule has 0 bridgehead atoms. The van der Waals surface area contributed by atoms with Gasteiger partial charge in [0.05, 0.1) is 17.3 Å². The molecule has 2 rings (SSSR count). The van der Waals surface area contributed by atoms with E-state index >= 15 is 0 Å². The van der Waals surface area contributed by atoms with E-state index in [-0.39, 0.29) is 18.4 Å². The minimum Gasteiger partial charge on any atom is -0.465 e. The van der Waals surface area contributed by atoms with Gasteiger partial charge in [-0.1, -0.05) is 6.07 Å². The molecular formula is C18H27N3O4. The van der Waals surface area contributed by atoms with Crippen molar-refractivity contribution in [2.75, 3.05) is 44.0 Å². The van der Waals surface area contributed by atoms with Crippen molar-refractivity contribution in [1.82, 2.24) is 4.90 Å². The molecule has 7 heteroatoms. The number of piperidine rings is 1. The Kier molecular flexibility index (Phi) is 7.06. The maximum atomic E-state index is 12.6. The average molecular weight is 349 g/mol. The Balaban J connectivity index is 2.01. The summed E-state index contributed by atoms with van der Waals surface area (Å²) in [6.45, 7) is 4.14. The van der Waals surface area contributed by atoms with E-state index in [1.807, 2.05) is 25.1 Å². The van der Waals surface area contributed by atoms with E-state index in [9.17, 15) is 9.59 Å². The number of rotatable bonds is 7. The van der Waals surface area contributed by atoms with Crippen LogP contribution in [0.25, 0.3) is 0 Å². The normalized spacial score (nSPS) is 17.2. The third-order valence-corrected chi connectivity index (χ3v) is 4.34. The van der Waals surface area contributed by atoms with Crippen molar-refractivity contribution in [2.24, 2.45) is 5.92 Å². The summed E-state index contributed by atoms with van der Waals surface area (Å²) in [7, 11) is 1.67. The average Bonchev–Trinajstić information content (AvgIpc) is 2.60. The Labute approximate surface area is 148 Å². The van der Waals surface area contributed by atoms with Crippen LogP contribution in [-0.4, -0.2) is 55.4 Å². The number of carboxylic acid groups (broad SMARTS) is 1. The Morgan fingerprint density at radius 3 is 2.88 bits per heavy atom. The highest BCUT2D eigenvalue weighted by Crippen LogP contribution is 2.25. The molecule has 3 N–H and O–H groups in total. The fourth-order valence-electron chi connectivity index (χ4n) is 2.95. The number of ether oxygens (including phenoxy) is 1. The van der Waals surface area contributed by atoms with Crippen molar-refractivity contribution in [2.45, 2.75) is 26.2 Å². The van der Waals surface area contributed by atoms with Crippen molar-refractivity contribution < 1.29 is 19.4 Å². The molecule has 138 valence electrons. The second-order valence-electron chi connectivity index (χ2n) is 6.38. The molecule has 1 aromatic rings. The van der Waals surface area contributed by atoms with E-state index in [1.54, 1.807) is 7.11 Å². The summed E-state index contributed by atoms with van der Waals surface area (Å²) in [5, 5.41) is 15.4. The minimum atomic E-state index is -0.964. The van der Waals surface area contributed by atoms with E-state index in [0.29, 0.717) is 26.0 Å². The molecule has 25 heavy (non-hydrogen) atoms. The Hall–Kier alpha value is -2.28. The summed E-state index contributed by atoms with van der Waals surface area (Å²) in [4.78, 5) is 25.0. The van der Waals surface area contributed by atoms with Gasteiger partial charge in [-0.3, -0.25) is 4.79 Å². The van der Waals surface area contributed by atoms with Crippen molar-refractivity contribution in [3.05, 3.63) is 23.8 Å². The maximum Gasteiger partial charge on any atom is 0.407 e. The molecule has 1 aliphatic heterocycles. The van der Waals surface area contributed by atoms with E-state index < -0.39 is 6.09 Å². The second-order valence-corrected chi connectivity index (χ2v) is 6.38. The molecule has 0 aromatic heterocycles. The first-order valence-electron chi connectivity index (χ1n) is 8.63. The number of hydrogen-bond donors (Lipinski definition) is 3. The third kappa shape index (κ3) is 5.63. The molecule has 1 unspecified atom stereocenters. The number of benzene rings is 1. The van der Waals surface area contributed by atoms with Gasteiger partial charge >= 0.3 is 6.09 Å². The lowest BCUT2D eigenvalue weighted by atomic mass is 9.97. The quantitative estimate of drug-likeness (QED) is 0.659. The summed E-state index contributed by atoms with van der Waals surface area (Å²) in [5.41, 5.74) is 2.64. The van der Waals surface area contributed by atoms with Gasteiger partial charge < -0.3 is 25.4 Å². The number of nitrogens with zero attached hydrogens (tertiary/aromatic N) is 1. The van der Waals surface area contributed by atoms with E-state index in [0.717, 1.165) is 29.9 Å². The molecule has 0 saturated carbocycles. The Morgan fingerprint density at radius 1 is 1.36 bits per heavy atom. The second kappa shape index (κ2) is 9.27. The van der Waals surface area contributed by atoms with Gasteiger partial charge in [0.25, 0.3) is 0 Å². The molecule has 0 spiro atoms. The van der Waals surface area contributed by atoms with Crippen LogP contribution in [0.2, 0.25) is 0 Å². The number of aryl methyl sites for hydroxylation is 1. The molecule has 1 aliphatic rings. The number of anilines is 2. The van der Waals surface area contributed by atoms with Crippen molar-refractivity contribution >= 4 is 23.4 Å². The monoisotopic (exact) mass is 349 g/mol. The zero-order valence-electron chi connectivity index (χ0n) is 14.9. The topological polar surface area (TPSA) is 90.9 Å². The number of nitrogens with one attached hydrogen (secondary N) is 2. The van der Waals surface area contributed by atoms with Gasteiger partial charge in [0.2, 0.25) is 5.91 Å². The van der Waals surface area contributed by atoms with Crippen LogP contribution >= 0.6 is 0 Å². The number of carbonyl (C=O) groups excluding carboxylic acids is 1. The molecule has 0 aliphatic carbocycles. The molecule has 1 saturated heterocycles. The van der Waals surface area contributed by atoms with Gasteiger partial charge in [-0.25, -0.2) is 4.79 Å². The van der Waals surface area contributed by atoms with E-state index in [4.69, 9.17) is 9.84 Å². The smallest absolute Gasteiger partial charge is 0.407 e. The van der Waals surface area contributed by atoms with Crippen molar-refractivity contribution in [3.8, 4) is 0 Å². The van der Waals surface area contributed by atoms with Crippen molar-refractivity contribution in [1.29, 1.82) is 0 Å². The lowest BCUT2D eigenvalue weighted by molar-refractivity contribution is -0.121. The molecule has 2 amide bonds. The van der Waals surface area contributed by atoms with E-state index in [2.05, 4.69) is 10.6 Å². The summed E-state index contributed by atoms with van der Waals surface area (Å²) >= 11 is 0. The van der Waals surface area contributed by atoms with Crippen LogP contribution in [0.1, 0.15) is 24.8 Å². The zero-order valence-corrected chi connectivity index (χ0v) is 14.9. The van der Waals surface area contributed by atoms with Crippen LogP contribution < -0.4 is 10.6 Å². The summed E-state index contributed by atoms with van der Waals surface area (Å²) in [5.74, 6) is -0.441. The first-order valence-corrected chi connectivity index (χ1v) is 8.63. The summed E-state index contributed by atoms with van der Waals surface area (Å²) in [6.07, 6.45) is 1.32. The highest BCUT2D eigenvalue weighted by atomic mass is 16.5.